The van der Waals surface area contributed by atoms with Gasteiger partial charge in [0.25, 0.3) is 0 Å². The average Bonchev–Trinajstić information content (AvgIpc) is 3.43. The number of fused-ring (bicyclic) bond motifs is 5. The minimum Gasteiger partial charge on any atom is -0.315 e. The second-order valence-electron chi connectivity index (χ2n) is 8.57. The molecule has 7 rings (SSSR count). The van der Waals surface area contributed by atoms with Crippen molar-refractivity contribution < 1.29 is 4.39 Å². The van der Waals surface area contributed by atoms with Gasteiger partial charge in [0.15, 0.2) is 0 Å². The fourth-order valence-corrected chi connectivity index (χ4v) is 5.31. The smallest absolute Gasteiger partial charge is 0.143 e. The third kappa shape index (κ3) is 2.74. The minimum atomic E-state index is -0.419. The van der Waals surface area contributed by atoms with Gasteiger partial charge < -0.3 is 9.13 Å². The van der Waals surface area contributed by atoms with Crippen molar-refractivity contribution in [2.45, 2.75) is 0 Å². The summed E-state index contributed by atoms with van der Waals surface area (Å²) >= 11 is 6.28. The van der Waals surface area contributed by atoms with Gasteiger partial charge in [-0.05, 0) is 65.4 Å². The summed E-state index contributed by atoms with van der Waals surface area (Å²) in [5.41, 5.74) is 5.13. The third-order valence-electron chi connectivity index (χ3n) is 6.66. The Morgan fingerprint density at radius 1 is 0.588 bits per heavy atom. The van der Waals surface area contributed by atoms with Gasteiger partial charge in [0, 0.05) is 28.0 Å². The highest BCUT2D eigenvalue weighted by Crippen LogP contribution is 2.34. The van der Waals surface area contributed by atoms with Crippen LogP contribution in [0.2, 0.25) is 5.02 Å². The Labute approximate surface area is 200 Å². The lowest BCUT2D eigenvalue weighted by atomic mass is 10.1. The highest BCUT2D eigenvalue weighted by Gasteiger charge is 2.14. The van der Waals surface area contributed by atoms with E-state index in [-0.39, 0.29) is 5.02 Å². The van der Waals surface area contributed by atoms with E-state index in [0.29, 0.717) is 5.69 Å². The molecule has 0 aliphatic rings. The predicted molar refractivity (Wildman–Crippen MR) is 140 cm³/mol. The Kier molecular flexibility index (Phi) is 4.11. The van der Waals surface area contributed by atoms with E-state index in [1.54, 1.807) is 6.07 Å². The first-order valence-corrected chi connectivity index (χ1v) is 11.5. The molecule has 2 aromatic heterocycles. The van der Waals surface area contributed by atoms with Crippen molar-refractivity contribution >= 4 is 55.1 Å². The maximum atomic E-state index is 14.1. The number of hydrogen-bond donors (Lipinski definition) is 0. The van der Waals surface area contributed by atoms with Crippen molar-refractivity contribution in [2.75, 3.05) is 0 Å². The lowest BCUT2D eigenvalue weighted by molar-refractivity contribution is 0.627. The van der Waals surface area contributed by atoms with Crippen molar-refractivity contribution in [1.82, 2.24) is 9.13 Å². The van der Waals surface area contributed by atoms with Gasteiger partial charge in [-0.15, -0.1) is 0 Å². The van der Waals surface area contributed by atoms with Crippen LogP contribution in [0.25, 0.3) is 54.9 Å². The topological polar surface area (TPSA) is 9.86 Å². The molecule has 4 heteroatoms. The number of aromatic nitrogens is 2. The number of halogens is 2. The fourth-order valence-electron chi connectivity index (χ4n) is 5.10. The van der Waals surface area contributed by atoms with Crippen molar-refractivity contribution in [3.63, 3.8) is 0 Å². The molecule has 0 amide bonds. The molecule has 0 unspecified atom stereocenters. The summed E-state index contributed by atoms with van der Waals surface area (Å²) in [5.74, 6) is -0.419. The third-order valence-corrected chi connectivity index (χ3v) is 7.04. The van der Waals surface area contributed by atoms with Gasteiger partial charge in [-0.2, -0.15) is 0 Å². The first-order valence-electron chi connectivity index (χ1n) is 11.2. The minimum absolute atomic E-state index is 0.127. The number of nitrogens with zero attached hydrogens (tertiary/aromatic N) is 2. The summed E-state index contributed by atoms with van der Waals surface area (Å²) in [5, 5.41) is 5.96. The van der Waals surface area contributed by atoms with Gasteiger partial charge >= 0.3 is 0 Å². The van der Waals surface area contributed by atoms with E-state index >= 15 is 0 Å². The Balaban J connectivity index is 1.45. The van der Waals surface area contributed by atoms with Crippen molar-refractivity contribution in [3.05, 3.63) is 120 Å². The number of benzene rings is 5. The molecule has 0 radical (unpaired) electrons. The zero-order chi connectivity index (χ0) is 22.8. The van der Waals surface area contributed by atoms with Gasteiger partial charge in [-0.3, -0.25) is 0 Å². The molecular weight excluding hydrogens is 443 g/mol. The van der Waals surface area contributed by atoms with Gasteiger partial charge in [0.2, 0.25) is 0 Å². The first kappa shape index (κ1) is 19.4. The lowest BCUT2D eigenvalue weighted by Gasteiger charge is -2.11. The molecule has 0 N–H and O–H groups in total. The normalized spacial score (nSPS) is 11.8. The van der Waals surface area contributed by atoms with E-state index in [9.17, 15) is 4.39 Å². The molecule has 0 spiro atoms. The van der Waals surface area contributed by atoms with Crippen LogP contribution in [-0.4, -0.2) is 9.13 Å². The summed E-state index contributed by atoms with van der Waals surface area (Å²) in [4.78, 5) is 0. The number of rotatable bonds is 2. The van der Waals surface area contributed by atoms with Crippen molar-refractivity contribution in [3.8, 4) is 11.4 Å². The SMILES string of the molecule is Fc1cccc(-n2ccc3cc4cc(-n5c6ccccc6c6ccccc65)ccc4cc32)c1Cl. The predicted octanol–water partition coefficient (Wildman–Crippen LogP) is 8.67. The van der Waals surface area contributed by atoms with Gasteiger partial charge in [-0.1, -0.05) is 60.1 Å². The van der Waals surface area contributed by atoms with Crippen LogP contribution in [0, 0.1) is 5.82 Å². The van der Waals surface area contributed by atoms with E-state index in [2.05, 4.69) is 83.4 Å². The lowest BCUT2D eigenvalue weighted by Crippen LogP contribution is -1.95. The van der Waals surface area contributed by atoms with Crippen LogP contribution in [0.1, 0.15) is 0 Å². The molecule has 0 saturated carbocycles. The summed E-state index contributed by atoms with van der Waals surface area (Å²) in [6.07, 6.45) is 1.94. The summed E-state index contributed by atoms with van der Waals surface area (Å²) in [6, 6.07) is 34.9. The van der Waals surface area contributed by atoms with Crippen LogP contribution in [0.3, 0.4) is 0 Å². The Bertz CT molecular complexity index is 1840. The van der Waals surface area contributed by atoms with Crippen LogP contribution in [0.15, 0.2) is 109 Å². The van der Waals surface area contributed by atoms with E-state index in [1.165, 1.54) is 27.9 Å². The Morgan fingerprint density at radius 3 is 2.09 bits per heavy atom. The molecule has 34 heavy (non-hydrogen) atoms. The molecule has 2 heterocycles. The standard InChI is InChI=1S/C30H18ClFN2/c31-30-25(32)8-5-11-28(30)33-15-14-20-16-21-17-22(13-12-19(21)18-29(20)33)34-26-9-3-1-6-23(26)24-7-2-4-10-27(24)34/h1-18H. The van der Waals surface area contributed by atoms with Crippen LogP contribution in [0.4, 0.5) is 4.39 Å². The van der Waals surface area contributed by atoms with E-state index < -0.39 is 5.82 Å². The largest absolute Gasteiger partial charge is 0.315 e. The van der Waals surface area contributed by atoms with Gasteiger partial charge in [0.1, 0.15) is 10.8 Å². The number of para-hydroxylation sites is 2. The Hall–Kier alpha value is -4.08. The molecule has 7 aromatic rings. The molecular formula is C30H18ClFN2. The van der Waals surface area contributed by atoms with E-state index in [0.717, 1.165) is 27.4 Å². The van der Waals surface area contributed by atoms with Crippen LogP contribution in [-0.2, 0) is 0 Å². The second kappa shape index (κ2) is 7.21. The molecule has 0 fully saturated rings. The average molecular weight is 461 g/mol. The van der Waals surface area contributed by atoms with Crippen LogP contribution in [0.5, 0.6) is 0 Å². The summed E-state index contributed by atoms with van der Waals surface area (Å²) in [6.45, 7) is 0. The monoisotopic (exact) mass is 460 g/mol. The van der Waals surface area contributed by atoms with E-state index in [1.807, 2.05) is 22.9 Å². The fraction of sp³-hybridized carbons (Fsp3) is 0. The second-order valence-corrected chi connectivity index (χ2v) is 8.95. The summed E-state index contributed by atoms with van der Waals surface area (Å²) in [7, 11) is 0. The molecule has 162 valence electrons. The van der Waals surface area contributed by atoms with Crippen molar-refractivity contribution in [1.29, 1.82) is 0 Å². The molecule has 0 saturated heterocycles. The maximum Gasteiger partial charge on any atom is 0.143 e. The highest BCUT2D eigenvalue weighted by molar-refractivity contribution is 6.32. The maximum absolute atomic E-state index is 14.1. The molecule has 0 atom stereocenters. The zero-order valence-electron chi connectivity index (χ0n) is 18.0. The molecule has 2 nitrogen and oxygen atoms in total. The zero-order valence-corrected chi connectivity index (χ0v) is 18.8. The van der Waals surface area contributed by atoms with Gasteiger partial charge in [-0.25, -0.2) is 4.39 Å². The quantitative estimate of drug-likeness (QED) is 0.244. The van der Waals surface area contributed by atoms with Crippen LogP contribution < -0.4 is 0 Å². The first-order chi connectivity index (χ1) is 16.7. The number of hydrogen-bond acceptors (Lipinski definition) is 0. The molecule has 5 aromatic carbocycles. The van der Waals surface area contributed by atoms with Crippen LogP contribution >= 0.6 is 11.6 Å². The molecule has 0 bridgehead atoms. The molecule has 0 aliphatic carbocycles. The molecule has 0 aliphatic heterocycles. The van der Waals surface area contributed by atoms with Gasteiger partial charge in [0.05, 0.1) is 22.2 Å². The van der Waals surface area contributed by atoms with E-state index in [4.69, 9.17) is 11.6 Å². The highest BCUT2D eigenvalue weighted by atomic mass is 35.5. The Morgan fingerprint density at radius 2 is 1.32 bits per heavy atom. The van der Waals surface area contributed by atoms with Crippen molar-refractivity contribution in [2.24, 2.45) is 0 Å². The summed E-state index contributed by atoms with van der Waals surface area (Å²) < 4.78 is 18.3.